The van der Waals surface area contributed by atoms with Crippen LogP contribution in [0.4, 0.5) is 0 Å². The number of hydrogen-bond donors (Lipinski definition) is 1. The summed E-state index contributed by atoms with van der Waals surface area (Å²) in [5.74, 6) is 0. The van der Waals surface area contributed by atoms with Crippen molar-refractivity contribution in [2.24, 2.45) is 7.05 Å². The van der Waals surface area contributed by atoms with Gasteiger partial charge in [-0.15, -0.1) is 11.3 Å². The second-order valence-electron chi connectivity index (χ2n) is 6.64. The van der Waals surface area contributed by atoms with Crippen molar-refractivity contribution in [1.29, 1.82) is 0 Å². The molecule has 132 valence electrons. The van der Waals surface area contributed by atoms with Gasteiger partial charge in [0.25, 0.3) is 0 Å². The number of hydrogen-bond acceptors (Lipinski definition) is 5. The highest BCUT2D eigenvalue weighted by Crippen LogP contribution is 2.24. The Morgan fingerprint density at radius 3 is 2.88 bits per heavy atom. The van der Waals surface area contributed by atoms with E-state index in [9.17, 15) is 5.11 Å². The lowest BCUT2D eigenvalue weighted by molar-refractivity contribution is 0.203. The minimum absolute atomic E-state index is 0.701. The number of aryl methyl sites for hydroxylation is 3. The fourth-order valence-corrected chi connectivity index (χ4v) is 4.35. The van der Waals surface area contributed by atoms with Gasteiger partial charge in [-0.25, -0.2) is 0 Å². The van der Waals surface area contributed by atoms with Gasteiger partial charge in [-0.2, -0.15) is 10.2 Å². The van der Waals surface area contributed by atoms with Crippen molar-refractivity contribution in [2.75, 3.05) is 6.54 Å². The van der Waals surface area contributed by atoms with Crippen LogP contribution in [0.15, 0.2) is 30.5 Å². The van der Waals surface area contributed by atoms with E-state index in [4.69, 9.17) is 0 Å². The molecule has 3 aromatic rings. The summed E-state index contributed by atoms with van der Waals surface area (Å²) in [6.45, 7) is 5.95. The molecule has 1 N–H and O–H groups in total. The van der Waals surface area contributed by atoms with Gasteiger partial charge in [-0.1, -0.05) is 0 Å². The number of aromatic nitrogens is 4. The molecule has 7 heteroatoms. The molecule has 0 amide bonds. The zero-order chi connectivity index (χ0) is 17.4. The van der Waals surface area contributed by atoms with E-state index in [0.29, 0.717) is 5.69 Å². The number of aliphatic hydroxyl groups is 1. The highest BCUT2D eigenvalue weighted by Gasteiger charge is 2.22. The Labute approximate surface area is 151 Å². The molecule has 0 aromatic carbocycles. The smallest absolute Gasteiger partial charge is 0.139 e. The quantitative estimate of drug-likeness (QED) is 0.779. The van der Waals surface area contributed by atoms with E-state index in [-0.39, 0.29) is 0 Å². The summed E-state index contributed by atoms with van der Waals surface area (Å²) in [5, 5.41) is 19.4. The molecule has 0 unspecified atom stereocenters. The normalized spacial score (nSPS) is 16.6. The number of thiophene rings is 1. The van der Waals surface area contributed by atoms with Crippen molar-refractivity contribution in [1.82, 2.24) is 24.5 Å². The fraction of sp³-hybridized carbons (Fsp3) is 0.444. The van der Waals surface area contributed by atoms with Crippen molar-refractivity contribution in [2.45, 2.75) is 39.1 Å². The second-order valence-corrected chi connectivity index (χ2v) is 8.01. The van der Waals surface area contributed by atoms with Crippen LogP contribution in [0.3, 0.4) is 0 Å². The summed E-state index contributed by atoms with van der Waals surface area (Å²) in [4.78, 5) is 5.23. The highest BCUT2D eigenvalue weighted by molar-refractivity contribution is 7.11. The first kappa shape index (κ1) is 16.5. The molecule has 3 aromatic heterocycles. The van der Waals surface area contributed by atoms with E-state index < -0.39 is 6.10 Å². The van der Waals surface area contributed by atoms with Gasteiger partial charge in [0.2, 0.25) is 0 Å². The Kier molecular flexibility index (Phi) is 4.45. The van der Waals surface area contributed by atoms with Crippen molar-refractivity contribution < 1.29 is 5.11 Å². The molecule has 0 saturated carbocycles. The molecular weight excluding hydrogens is 334 g/mol. The van der Waals surface area contributed by atoms with Crippen LogP contribution in [-0.2, 0) is 26.7 Å². The van der Waals surface area contributed by atoms with Crippen molar-refractivity contribution in [3.63, 3.8) is 0 Å². The maximum Gasteiger partial charge on any atom is 0.139 e. The van der Waals surface area contributed by atoms with Gasteiger partial charge < -0.3 is 5.11 Å². The minimum atomic E-state index is -0.736. The fourth-order valence-electron chi connectivity index (χ4n) is 3.41. The lowest BCUT2D eigenvalue weighted by atomic mass is 10.2. The maximum absolute atomic E-state index is 10.6. The molecular formula is C18H23N5OS. The van der Waals surface area contributed by atoms with Crippen molar-refractivity contribution >= 4 is 11.3 Å². The first-order valence-electron chi connectivity index (χ1n) is 8.60. The molecule has 4 heterocycles. The molecule has 1 aliphatic heterocycles. The second kappa shape index (κ2) is 6.74. The Bertz CT molecular complexity index is 865. The van der Waals surface area contributed by atoms with Gasteiger partial charge in [0.1, 0.15) is 6.10 Å². The summed E-state index contributed by atoms with van der Waals surface area (Å²) in [6, 6.07) is 8.28. The first-order chi connectivity index (χ1) is 12.1. The topological polar surface area (TPSA) is 59.1 Å². The molecule has 6 nitrogen and oxygen atoms in total. The van der Waals surface area contributed by atoms with Crippen LogP contribution in [0, 0.1) is 6.92 Å². The van der Waals surface area contributed by atoms with Crippen LogP contribution in [0.25, 0.3) is 0 Å². The average molecular weight is 357 g/mol. The van der Waals surface area contributed by atoms with E-state index >= 15 is 0 Å². The lowest BCUT2D eigenvalue weighted by Crippen LogP contribution is -2.22. The minimum Gasteiger partial charge on any atom is -0.380 e. The molecule has 0 bridgehead atoms. The van der Waals surface area contributed by atoms with E-state index in [1.807, 2.05) is 30.5 Å². The van der Waals surface area contributed by atoms with E-state index in [1.165, 1.54) is 15.4 Å². The summed E-state index contributed by atoms with van der Waals surface area (Å²) in [5.41, 5.74) is 2.63. The summed E-state index contributed by atoms with van der Waals surface area (Å²) < 4.78 is 3.75. The molecule has 0 spiro atoms. The van der Waals surface area contributed by atoms with E-state index in [0.717, 1.165) is 38.3 Å². The maximum atomic E-state index is 10.6. The molecule has 0 aliphatic carbocycles. The van der Waals surface area contributed by atoms with Crippen LogP contribution < -0.4 is 0 Å². The molecule has 25 heavy (non-hydrogen) atoms. The van der Waals surface area contributed by atoms with Gasteiger partial charge in [0, 0.05) is 49.2 Å². The van der Waals surface area contributed by atoms with Crippen LogP contribution in [0.1, 0.15) is 39.4 Å². The zero-order valence-corrected chi connectivity index (χ0v) is 15.4. The Morgan fingerprint density at radius 1 is 1.28 bits per heavy atom. The third-order valence-electron chi connectivity index (χ3n) is 4.71. The van der Waals surface area contributed by atoms with E-state index in [1.54, 1.807) is 10.9 Å². The van der Waals surface area contributed by atoms with Crippen LogP contribution in [0.5, 0.6) is 0 Å². The summed E-state index contributed by atoms with van der Waals surface area (Å²) in [7, 11) is 1.84. The van der Waals surface area contributed by atoms with Crippen LogP contribution in [-0.4, -0.2) is 36.1 Å². The van der Waals surface area contributed by atoms with Crippen LogP contribution >= 0.6 is 11.3 Å². The average Bonchev–Trinajstić information content (AvgIpc) is 3.26. The number of nitrogens with zero attached hydrogens (tertiary/aromatic N) is 5. The number of aliphatic hydroxyl groups excluding tert-OH is 1. The van der Waals surface area contributed by atoms with E-state index in [2.05, 4.69) is 38.8 Å². The standard InChI is InChI=1S/C18H23N5OS/c1-13-4-5-15(25-13)12-22-8-3-9-23-14(11-22)10-16(20-23)18(24)17-6-7-19-21(17)2/h4-7,10,18,24H,3,8-9,11-12H2,1-2H3/t18-/m0/s1. The lowest BCUT2D eigenvalue weighted by Gasteiger charge is -2.18. The molecule has 1 atom stereocenters. The number of fused-ring (bicyclic) bond motifs is 1. The Balaban J connectivity index is 1.53. The molecule has 0 radical (unpaired) electrons. The zero-order valence-electron chi connectivity index (χ0n) is 14.6. The first-order valence-corrected chi connectivity index (χ1v) is 9.42. The van der Waals surface area contributed by atoms with Gasteiger partial charge in [-0.05, 0) is 37.6 Å². The molecule has 0 saturated heterocycles. The SMILES string of the molecule is Cc1ccc(CN2CCCn3nc([C@H](O)c4ccnn4C)cc3C2)s1. The highest BCUT2D eigenvalue weighted by atomic mass is 32.1. The van der Waals surface area contributed by atoms with Crippen LogP contribution in [0.2, 0.25) is 0 Å². The predicted molar refractivity (Wildman–Crippen MR) is 97.3 cm³/mol. The predicted octanol–water partition coefficient (Wildman–Crippen LogP) is 2.47. The summed E-state index contributed by atoms with van der Waals surface area (Å²) >= 11 is 1.87. The Hall–Kier alpha value is -1.96. The summed E-state index contributed by atoms with van der Waals surface area (Å²) in [6.07, 6.45) is 2.03. The molecule has 0 fully saturated rings. The monoisotopic (exact) mass is 357 g/mol. The molecule has 4 rings (SSSR count). The third-order valence-corrected chi connectivity index (χ3v) is 5.69. The third kappa shape index (κ3) is 3.40. The van der Waals surface area contributed by atoms with Crippen molar-refractivity contribution in [3.05, 3.63) is 57.3 Å². The largest absolute Gasteiger partial charge is 0.380 e. The van der Waals surface area contributed by atoms with Gasteiger partial charge >= 0.3 is 0 Å². The van der Waals surface area contributed by atoms with Crippen molar-refractivity contribution in [3.8, 4) is 0 Å². The Morgan fingerprint density at radius 2 is 2.16 bits per heavy atom. The van der Waals surface area contributed by atoms with Gasteiger partial charge in [0.15, 0.2) is 0 Å². The number of rotatable bonds is 4. The molecule has 1 aliphatic rings. The van der Waals surface area contributed by atoms with Gasteiger partial charge in [0.05, 0.1) is 17.1 Å². The van der Waals surface area contributed by atoms with Gasteiger partial charge in [-0.3, -0.25) is 14.3 Å².